The third-order valence-electron chi connectivity index (χ3n) is 2.52. The van der Waals surface area contributed by atoms with Crippen LogP contribution >= 0.6 is 11.6 Å². The fraction of sp³-hybridized carbons (Fsp3) is 0.273. The molecule has 6 heteroatoms. The predicted octanol–water partition coefficient (Wildman–Crippen LogP) is 1.33. The molecule has 0 bridgehead atoms. The summed E-state index contributed by atoms with van der Waals surface area (Å²) in [5.41, 5.74) is 0.347. The molecule has 1 heterocycles. The van der Waals surface area contributed by atoms with Crippen molar-refractivity contribution in [2.75, 3.05) is 11.4 Å². The average Bonchev–Trinajstić information content (AvgIpc) is 2.24. The number of rotatable bonds is 1. The standard InChI is InChI=1S/C11H10ClFN2O2/c1-6-11(17)15(5-10(16)14-6)9-3-2-7(13)4-8(9)12/h2-4,6H,5H2,1H3,(H,14,16). The van der Waals surface area contributed by atoms with E-state index in [9.17, 15) is 14.0 Å². The molecule has 1 saturated heterocycles. The molecule has 1 unspecified atom stereocenters. The molecule has 1 aromatic rings. The minimum atomic E-state index is -0.600. The highest BCUT2D eigenvalue weighted by Crippen LogP contribution is 2.27. The van der Waals surface area contributed by atoms with Gasteiger partial charge in [-0.15, -0.1) is 0 Å². The van der Waals surface area contributed by atoms with Gasteiger partial charge in [0.25, 0.3) is 0 Å². The average molecular weight is 257 g/mol. The molecular weight excluding hydrogens is 247 g/mol. The molecule has 1 aliphatic heterocycles. The second-order valence-electron chi connectivity index (χ2n) is 3.81. The van der Waals surface area contributed by atoms with Crippen molar-refractivity contribution in [3.05, 3.63) is 29.0 Å². The SMILES string of the molecule is CC1NC(=O)CN(c2ccc(F)cc2Cl)C1=O. The van der Waals surface area contributed by atoms with Gasteiger partial charge in [-0.1, -0.05) is 11.6 Å². The Morgan fingerprint density at radius 2 is 2.18 bits per heavy atom. The summed E-state index contributed by atoms with van der Waals surface area (Å²) in [5.74, 6) is -1.02. The van der Waals surface area contributed by atoms with E-state index in [2.05, 4.69) is 5.32 Å². The lowest BCUT2D eigenvalue weighted by Gasteiger charge is -2.31. The predicted molar refractivity (Wildman–Crippen MR) is 61.4 cm³/mol. The first kappa shape index (κ1) is 11.9. The third-order valence-corrected chi connectivity index (χ3v) is 2.82. The number of hydrogen-bond acceptors (Lipinski definition) is 2. The highest BCUT2D eigenvalue weighted by molar-refractivity contribution is 6.34. The lowest BCUT2D eigenvalue weighted by atomic mass is 10.2. The number of piperazine rings is 1. The van der Waals surface area contributed by atoms with E-state index in [0.29, 0.717) is 5.69 Å². The lowest BCUT2D eigenvalue weighted by Crippen LogP contribution is -2.57. The van der Waals surface area contributed by atoms with Crippen LogP contribution in [0.4, 0.5) is 10.1 Å². The van der Waals surface area contributed by atoms with Crippen LogP contribution in [0, 0.1) is 5.82 Å². The van der Waals surface area contributed by atoms with Gasteiger partial charge in [-0.25, -0.2) is 4.39 Å². The van der Waals surface area contributed by atoms with E-state index >= 15 is 0 Å². The molecule has 17 heavy (non-hydrogen) atoms. The maximum absolute atomic E-state index is 12.9. The molecule has 0 radical (unpaired) electrons. The van der Waals surface area contributed by atoms with E-state index in [1.54, 1.807) is 6.92 Å². The van der Waals surface area contributed by atoms with Crippen LogP contribution in [0.2, 0.25) is 5.02 Å². The third kappa shape index (κ3) is 2.24. The molecule has 0 saturated carbocycles. The largest absolute Gasteiger partial charge is 0.343 e. The van der Waals surface area contributed by atoms with Crippen molar-refractivity contribution >= 4 is 29.1 Å². The Labute approximate surface area is 102 Å². The number of anilines is 1. The van der Waals surface area contributed by atoms with Crippen molar-refractivity contribution in [2.24, 2.45) is 0 Å². The topological polar surface area (TPSA) is 49.4 Å². The summed E-state index contributed by atoms with van der Waals surface area (Å²) in [6.07, 6.45) is 0. The van der Waals surface area contributed by atoms with Gasteiger partial charge in [0.05, 0.1) is 10.7 Å². The summed E-state index contributed by atoms with van der Waals surface area (Å²) in [7, 11) is 0. The molecule has 1 atom stereocenters. The number of nitrogens with one attached hydrogen (secondary N) is 1. The Bertz CT molecular complexity index is 492. The van der Waals surface area contributed by atoms with Crippen molar-refractivity contribution in [1.82, 2.24) is 5.32 Å². The van der Waals surface area contributed by atoms with Gasteiger partial charge in [-0.3, -0.25) is 14.5 Å². The van der Waals surface area contributed by atoms with E-state index in [0.717, 1.165) is 6.07 Å². The van der Waals surface area contributed by atoms with Crippen LogP contribution in [0.5, 0.6) is 0 Å². The van der Waals surface area contributed by atoms with Crippen LogP contribution in [-0.4, -0.2) is 24.4 Å². The Kier molecular flexibility index (Phi) is 3.02. The summed E-state index contributed by atoms with van der Waals surface area (Å²) in [5, 5.41) is 2.62. The summed E-state index contributed by atoms with van der Waals surface area (Å²) < 4.78 is 12.9. The molecule has 0 aliphatic carbocycles. The molecule has 0 spiro atoms. The van der Waals surface area contributed by atoms with Crippen LogP contribution in [0.25, 0.3) is 0 Å². The van der Waals surface area contributed by atoms with Crippen molar-refractivity contribution in [3.8, 4) is 0 Å². The molecule has 2 rings (SSSR count). The van der Waals surface area contributed by atoms with Crippen molar-refractivity contribution in [3.63, 3.8) is 0 Å². The number of amides is 2. The number of halogens is 2. The molecule has 90 valence electrons. The van der Waals surface area contributed by atoms with Gasteiger partial charge in [0.1, 0.15) is 18.4 Å². The number of carbonyl (C=O) groups excluding carboxylic acids is 2. The van der Waals surface area contributed by atoms with E-state index in [4.69, 9.17) is 11.6 Å². The van der Waals surface area contributed by atoms with Gasteiger partial charge >= 0.3 is 0 Å². The lowest BCUT2D eigenvalue weighted by molar-refractivity contribution is -0.130. The Morgan fingerprint density at radius 3 is 2.82 bits per heavy atom. The molecule has 0 aromatic heterocycles. The molecule has 1 aliphatic rings. The van der Waals surface area contributed by atoms with Gasteiger partial charge < -0.3 is 5.32 Å². The minimum absolute atomic E-state index is 0.103. The monoisotopic (exact) mass is 256 g/mol. The van der Waals surface area contributed by atoms with E-state index in [-0.39, 0.29) is 23.4 Å². The first-order valence-electron chi connectivity index (χ1n) is 5.05. The minimum Gasteiger partial charge on any atom is -0.343 e. The first-order chi connectivity index (χ1) is 7.99. The molecule has 1 fully saturated rings. The summed E-state index contributed by atoms with van der Waals surface area (Å²) in [4.78, 5) is 24.5. The summed E-state index contributed by atoms with van der Waals surface area (Å²) in [6, 6.07) is 3.10. The van der Waals surface area contributed by atoms with Gasteiger partial charge in [0.15, 0.2) is 0 Å². The number of hydrogen-bond donors (Lipinski definition) is 1. The second kappa shape index (κ2) is 4.33. The highest BCUT2D eigenvalue weighted by Gasteiger charge is 2.31. The van der Waals surface area contributed by atoms with Crippen LogP contribution < -0.4 is 10.2 Å². The zero-order valence-corrected chi connectivity index (χ0v) is 9.79. The van der Waals surface area contributed by atoms with Crippen LogP contribution in [0.1, 0.15) is 6.92 Å². The summed E-state index contributed by atoms with van der Waals surface area (Å²) >= 11 is 5.86. The van der Waals surface area contributed by atoms with Crippen molar-refractivity contribution < 1.29 is 14.0 Å². The fourth-order valence-corrected chi connectivity index (χ4v) is 1.98. The smallest absolute Gasteiger partial charge is 0.249 e. The van der Waals surface area contributed by atoms with Gasteiger partial charge in [0.2, 0.25) is 11.8 Å². The molecule has 4 nitrogen and oxygen atoms in total. The van der Waals surface area contributed by atoms with E-state index in [1.807, 2.05) is 0 Å². The highest BCUT2D eigenvalue weighted by atomic mass is 35.5. The Hall–Kier alpha value is -1.62. The van der Waals surface area contributed by atoms with Gasteiger partial charge in [-0.05, 0) is 25.1 Å². The van der Waals surface area contributed by atoms with Crippen LogP contribution in [0.3, 0.4) is 0 Å². The zero-order chi connectivity index (χ0) is 12.6. The summed E-state index contributed by atoms with van der Waals surface area (Å²) in [6.45, 7) is 1.48. The quantitative estimate of drug-likeness (QED) is 0.824. The maximum atomic E-state index is 12.9. The van der Waals surface area contributed by atoms with Gasteiger partial charge in [0, 0.05) is 0 Å². The van der Waals surface area contributed by atoms with E-state index < -0.39 is 11.9 Å². The van der Waals surface area contributed by atoms with Crippen molar-refractivity contribution in [2.45, 2.75) is 13.0 Å². The van der Waals surface area contributed by atoms with Crippen molar-refractivity contribution in [1.29, 1.82) is 0 Å². The second-order valence-corrected chi connectivity index (χ2v) is 4.22. The Morgan fingerprint density at radius 1 is 1.47 bits per heavy atom. The normalized spacial score (nSPS) is 20.4. The molecule has 1 aromatic carbocycles. The molecule has 1 N–H and O–H groups in total. The van der Waals surface area contributed by atoms with E-state index in [1.165, 1.54) is 17.0 Å². The maximum Gasteiger partial charge on any atom is 0.249 e. The zero-order valence-electron chi connectivity index (χ0n) is 9.04. The number of benzene rings is 1. The van der Waals surface area contributed by atoms with Gasteiger partial charge in [-0.2, -0.15) is 0 Å². The Balaban J connectivity index is 2.38. The molecular formula is C11H10ClFN2O2. The first-order valence-corrected chi connectivity index (χ1v) is 5.42. The fourth-order valence-electron chi connectivity index (χ4n) is 1.71. The van der Waals surface area contributed by atoms with Crippen LogP contribution in [-0.2, 0) is 9.59 Å². The molecule has 2 amide bonds. The van der Waals surface area contributed by atoms with Crippen LogP contribution in [0.15, 0.2) is 18.2 Å². The number of carbonyl (C=O) groups is 2. The number of nitrogens with zero attached hydrogens (tertiary/aromatic N) is 1.